The quantitative estimate of drug-likeness (QED) is 0.237. The Morgan fingerprint density at radius 3 is 2.56 bits per heavy atom. The zero-order valence-corrected chi connectivity index (χ0v) is 20.4. The lowest BCUT2D eigenvalue weighted by atomic mass is 10.0. The minimum Gasteiger partial charge on any atom is -0.472 e. The summed E-state index contributed by atoms with van der Waals surface area (Å²) >= 11 is 7.45. The molecule has 5 aromatic rings. The number of aromatic nitrogens is 2. The maximum Gasteiger partial charge on any atom is 0.266 e. The number of hydrogen-bond donors (Lipinski definition) is 1. The first kappa shape index (κ1) is 23.9. The number of benzene rings is 2. The predicted molar refractivity (Wildman–Crippen MR) is 132 cm³/mol. The highest BCUT2D eigenvalue weighted by Crippen LogP contribution is 2.39. The molecule has 0 fully saturated rings. The molecule has 0 unspecified atom stereocenters. The van der Waals surface area contributed by atoms with E-state index in [1.54, 1.807) is 30.3 Å². The second-order valence-electron chi connectivity index (χ2n) is 7.35. The third-order valence-corrected chi connectivity index (χ3v) is 7.27. The van der Waals surface area contributed by atoms with Crippen LogP contribution in [-0.4, -0.2) is 18.4 Å². The average molecular weight is 546 g/mol. The predicted octanol–water partition coefficient (Wildman–Crippen LogP) is 6.99. The number of halogens is 3. The van der Waals surface area contributed by atoms with Crippen molar-refractivity contribution in [3.63, 3.8) is 0 Å². The molecule has 0 aliphatic heterocycles. The van der Waals surface area contributed by atoms with Gasteiger partial charge < -0.3 is 9.15 Å². The van der Waals surface area contributed by atoms with Crippen LogP contribution in [0.5, 0.6) is 11.5 Å². The molecular weight excluding hydrogens is 532 g/mol. The second kappa shape index (κ2) is 9.69. The first-order chi connectivity index (χ1) is 17.3. The van der Waals surface area contributed by atoms with E-state index in [0.717, 1.165) is 12.1 Å². The summed E-state index contributed by atoms with van der Waals surface area (Å²) in [5.41, 5.74) is 3.11. The van der Waals surface area contributed by atoms with Gasteiger partial charge in [0.25, 0.3) is 10.0 Å². The summed E-state index contributed by atoms with van der Waals surface area (Å²) in [6.45, 7) is 0. The summed E-state index contributed by atoms with van der Waals surface area (Å²) in [7, 11) is -4.29. The van der Waals surface area contributed by atoms with Crippen LogP contribution in [0.15, 0.2) is 87.5 Å². The van der Waals surface area contributed by atoms with Gasteiger partial charge in [-0.25, -0.2) is 22.2 Å². The molecule has 0 aliphatic rings. The third kappa shape index (κ3) is 4.81. The van der Waals surface area contributed by atoms with E-state index in [-0.39, 0.29) is 27.9 Å². The fraction of sp³-hybridized carbons (Fsp3) is 0. The Bertz CT molecular complexity index is 1640. The summed E-state index contributed by atoms with van der Waals surface area (Å²) in [5.74, 6) is -1.47. The first-order valence-corrected chi connectivity index (χ1v) is 13.0. The minimum absolute atomic E-state index is 0.0571. The van der Waals surface area contributed by atoms with E-state index in [4.69, 9.17) is 20.8 Å². The van der Waals surface area contributed by atoms with Gasteiger partial charge in [-0.3, -0.25) is 9.71 Å². The highest BCUT2D eigenvalue weighted by Gasteiger charge is 2.24. The molecule has 0 spiro atoms. The lowest BCUT2D eigenvalue weighted by molar-refractivity contribution is 0.473. The van der Waals surface area contributed by atoms with Gasteiger partial charge in [-0.05, 0) is 30.3 Å². The minimum atomic E-state index is -4.29. The Hall–Kier alpha value is -3.80. The molecule has 1 N–H and O–H groups in total. The zero-order chi connectivity index (χ0) is 25.3. The Morgan fingerprint density at radius 1 is 1.00 bits per heavy atom. The highest BCUT2D eigenvalue weighted by molar-refractivity contribution is 7.92. The smallest absolute Gasteiger partial charge is 0.266 e. The average Bonchev–Trinajstić information content (AvgIpc) is 3.56. The van der Waals surface area contributed by atoms with Crippen molar-refractivity contribution in [2.45, 2.75) is 4.90 Å². The van der Waals surface area contributed by atoms with Gasteiger partial charge in [-0.1, -0.05) is 23.7 Å². The Morgan fingerprint density at radius 2 is 1.83 bits per heavy atom. The van der Waals surface area contributed by atoms with Gasteiger partial charge in [0.15, 0.2) is 11.6 Å². The number of thiazole rings is 1. The number of furan rings is 1. The normalized spacial score (nSPS) is 11.4. The Balaban J connectivity index is 1.52. The molecule has 3 aromatic heterocycles. The molecule has 3 heterocycles. The van der Waals surface area contributed by atoms with Crippen LogP contribution in [0.3, 0.4) is 0 Å². The van der Waals surface area contributed by atoms with E-state index in [1.807, 2.05) is 0 Å². The van der Waals surface area contributed by atoms with E-state index < -0.39 is 26.6 Å². The summed E-state index contributed by atoms with van der Waals surface area (Å²) < 4.78 is 67.7. The van der Waals surface area contributed by atoms with Crippen molar-refractivity contribution in [1.29, 1.82) is 0 Å². The number of sulfonamides is 1. The molecule has 0 bridgehead atoms. The molecule has 182 valence electrons. The molecule has 12 heteroatoms. The van der Waals surface area contributed by atoms with E-state index >= 15 is 0 Å². The molecule has 0 radical (unpaired) electrons. The topological polar surface area (TPSA) is 94.3 Å². The molecule has 7 nitrogen and oxygen atoms in total. The number of nitrogens with one attached hydrogen (secondary N) is 1. The lowest BCUT2D eigenvalue weighted by Crippen LogP contribution is -2.15. The maximum atomic E-state index is 14.9. The van der Waals surface area contributed by atoms with Crippen molar-refractivity contribution >= 4 is 38.8 Å². The van der Waals surface area contributed by atoms with Crippen molar-refractivity contribution < 1.29 is 26.4 Å². The third-order valence-electron chi connectivity index (χ3n) is 5.02. The first-order valence-electron chi connectivity index (χ1n) is 10.2. The highest BCUT2D eigenvalue weighted by atomic mass is 35.5. The number of nitrogens with zero attached hydrogens (tertiary/aromatic N) is 2. The molecule has 0 aliphatic carbocycles. The Kier molecular flexibility index (Phi) is 6.44. The van der Waals surface area contributed by atoms with Crippen LogP contribution in [0.25, 0.3) is 22.4 Å². The van der Waals surface area contributed by atoms with Crippen LogP contribution >= 0.6 is 22.9 Å². The molecule has 0 saturated carbocycles. The number of hydrogen-bond acceptors (Lipinski definition) is 7. The standard InChI is InChI=1S/C24H14ClF2N3O4S2/c25-17-8-23(36(31,32)30-24-12-35-13-29-24)19(27)9-21(17)34-22-10-28-20(15-3-1-2-4-18(15)26)7-16(22)14-5-6-33-11-14/h1-13,30H. The number of rotatable bonds is 7. The van der Waals surface area contributed by atoms with Crippen molar-refractivity contribution in [3.05, 3.63) is 94.8 Å². The van der Waals surface area contributed by atoms with Crippen LogP contribution in [0.4, 0.5) is 14.6 Å². The largest absolute Gasteiger partial charge is 0.472 e. The van der Waals surface area contributed by atoms with E-state index in [1.165, 1.54) is 47.0 Å². The molecule has 36 heavy (non-hydrogen) atoms. The second-order valence-corrected chi connectivity index (χ2v) is 10.1. The number of pyridine rings is 1. The van der Waals surface area contributed by atoms with Crippen LogP contribution in [-0.2, 0) is 10.0 Å². The molecule has 0 saturated heterocycles. The Labute approximate surface area is 213 Å². The monoisotopic (exact) mass is 545 g/mol. The summed E-state index contributed by atoms with van der Waals surface area (Å²) in [5, 5.41) is 1.30. The maximum absolute atomic E-state index is 14.9. The van der Waals surface area contributed by atoms with Crippen molar-refractivity contribution in [2.75, 3.05) is 4.72 Å². The molecular formula is C24H14ClF2N3O4S2. The van der Waals surface area contributed by atoms with Crippen molar-refractivity contribution in [2.24, 2.45) is 0 Å². The van der Waals surface area contributed by atoms with Crippen LogP contribution < -0.4 is 9.46 Å². The van der Waals surface area contributed by atoms with Crippen LogP contribution in [0.2, 0.25) is 5.02 Å². The summed E-state index contributed by atoms with van der Waals surface area (Å²) in [6.07, 6.45) is 4.24. The number of anilines is 1. The van der Waals surface area contributed by atoms with Crippen LogP contribution in [0.1, 0.15) is 0 Å². The van der Waals surface area contributed by atoms with E-state index in [0.29, 0.717) is 16.8 Å². The van der Waals surface area contributed by atoms with Gasteiger partial charge in [0.05, 0.1) is 35.0 Å². The SMILES string of the molecule is O=S(=O)(Nc1cscn1)c1cc(Cl)c(Oc2cnc(-c3ccccc3F)cc2-c2ccoc2)cc1F. The van der Waals surface area contributed by atoms with E-state index in [2.05, 4.69) is 14.7 Å². The van der Waals surface area contributed by atoms with Gasteiger partial charge >= 0.3 is 0 Å². The molecule has 5 rings (SSSR count). The van der Waals surface area contributed by atoms with Gasteiger partial charge in [0.1, 0.15) is 22.3 Å². The fourth-order valence-corrected chi connectivity index (χ4v) is 5.26. The lowest BCUT2D eigenvalue weighted by Gasteiger charge is -2.14. The number of ether oxygens (including phenoxy) is 1. The van der Waals surface area contributed by atoms with Gasteiger partial charge in [-0.2, -0.15) is 0 Å². The van der Waals surface area contributed by atoms with E-state index in [9.17, 15) is 17.2 Å². The molecule has 2 aromatic carbocycles. The van der Waals surface area contributed by atoms with Gasteiger partial charge in [0, 0.05) is 28.1 Å². The molecule has 0 atom stereocenters. The summed E-state index contributed by atoms with van der Waals surface area (Å²) in [4.78, 5) is 7.44. The van der Waals surface area contributed by atoms with Gasteiger partial charge in [-0.15, -0.1) is 11.3 Å². The molecule has 0 amide bonds. The van der Waals surface area contributed by atoms with Crippen molar-refractivity contribution in [1.82, 2.24) is 9.97 Å². The van der Waals surface area contributed by atoms with Gasteiger partial charge in [0.2, 0.25) is 0 Å². The zero-order valence-electron chi connectivity index (χ0n) is 18.0. The van der Waals surface area contributed by atoms with Crippen LogP contribution in [0, 0.1) is 11.6 Å². The van der Waals surface area contributed by atoms with Crippen molar-refractivity contribution in [3.8, 4) is 33.9 Å². The summed E-state index contributed by atoms with van der Waals surface area (Å²) in [6, 6.07) is 11.2. The fourth-order valence-electron chi connectivity index (χ4n) is 3.35.